The second kappa shape index (κ2) is 9.09. The van der Waals surface area contributed by atoms with Crippen LogP contribution in [0, 0.1) is 52.3 Å². The zero-order chi connectivity index (χ0) is 25.1. The summed E-state index contributed by atoms with van der Waals surface area (Å²) in [5, 5.41) is 20.6. The van der Waals surface area contributed by atoms with Gasteiger partial charge in [0.2, 0.25) is 0 Å². The molecule has 0 aromatic heterocycles. The Hall–Kier alpha value is -1.10. The number of aliphatic hydroxyl groups is 1. The van der Waals surface area contributed by atoms with E-state index in [1.807, 2.05) is 0 Å². The maximum Gasteiger partial charge on any atom is 0.303 e. The third-order valence-corrected chi connectivity index (χ3v) is 11.7. The number of hydrogen-bond donors (Lipinski definition) is 2. The maximum atomic E-state index is 12.2. The minimum Gasteiger partial charge on any atom is -0.481 e. The molecular formula is C29H48O5. The smallest absolute Gasteiger partial charge is 0.303 e. The third kappa shape index (κ3) is 4.22. The molecule has 0 amide bonds. The van der Waals surface area contributed by atoms with Gasteiger partial charge in [-0.05, 0) is 104 Å². The number of carboxylic acid groups (broad SMARTS) is 1. The first kappa shape index (κ1) is 26.0. The molecule has 5 nitrogen and oxygen atoms in total. The molecule has 4 aliphatic rings. The summed E-state index contributed by atoms with van der Waals surface area (Å²) in [7, 11) is 0. The second-order valence-corrected chi connectivity index (χ2v) is 13.5. The number of aliphatic carboxylic acids is 1. The van der Waals surface area contributed by atoms with Crippen LogP contribution in [0.1, 0.15) is 106 Å². The summed E-state index contributed by atoms with van der Waals surface area (Å²) >= 11 is 0. The van der Waals surface area contributed by atoms with Gasteiger partial charge in [0.05, 0.1) is 5.60 Å². The SMILES string of the molecule is CC(=O)O[C@@H]1C[C@@H]2C[C@](O)(C(C)C)CC[C@]2(C)[C@H]2CC[C@]3(C)[C@@H]([C@H](C)CCC(=O)O)CC[C@H]3[C@H]12. The molecule has 0 spiro atoms. The zero-order valence-electron chi connectivity index (χ0n) is 22.3. The van der Waals surface area contributed by atoms with Gasteiger partial charge in [-0.2, -0.15) is 0 Å². The summed E-state index contributed by atoms with van der Waals surface area (Å²) in [5.41, 5.74) is -0.232. The van der Waals surface area contributed by atoms with E-state index in [0.29, 0.717) is 35.5 Å². The number of hydrogen-bond acceptors (Lipinski definition) is 4. The van der Waals surface area contributed by atoms with Gasteiger partial charge in [0.1, 0.15) is 6.10 Å². The van der Waals surface area contributed by atoms with Crippen molar-refractivity contribution in [3.63, 3.8) is 0 Å². The van der Waals surface area contributed by atoms with E-state index in [4.69, 9.17) is 4.74 Å². The van der Waals surface area contributed by atoms with Gasteiger partial charge in [-0.15, -0.1) is 0 Å². The molecule has 4 saturated carbocycles. The molecule has 4 rings (SSSR count). The molecule has 0 bridgehead atoms. The Morgan fingerprint density at radius 3 is 2.29 bits per heavy atom. The number of rotatable bonds is 6. The largest absolute Gasteiger partial charge is 0.481 e. The van der Waals surface area contributed by atoms with Crippen molar-refractivity contribution in [3.05, 3.63) is 0 Å². The number of fused-ring (bicyclic) bond motifs is 5. The summed E-state index contributed by atoms with van der Waals surface area (Å²) in [6.07, 6.45) is 9.22. The summed E-state index contributed by atoms with van der Waals surface area (Å²) in [5.74, 6) is 2.11. The molecule has 0 aliphatic heterocycles. The number of carboxylic acids is 1. The molecule has 0 unspecified atom stereocenters. The van der Waals surface area contributed by atoms with Crippen molar-refractivity contribution in [2.24, 2.45) is 52.3 Å². The predicted molar refractivity (Wildman–Crippen MR) is 132 cm³/mol. The molecule has 0 radical (unpaired) electrons. The van der Waals surface area contributed by atoms with Crippen LogP contribution in [0.15, 0.2) is 0 Å². The first-order valence-electron chi connectivity index (χ1n) is 13.9. The fraction of sp³-hybridized carbons (Fsp3) is 0.931. The van der Waals surface area contributed by atoms with Crippen molar-refractivity contribution < 1.29 is 24.5 Å². The van der Waals surface area contributed by atoms with Gasteiger partial charge in [-0.25, -0.2) is 0 Å². The quantitative estimate of drug-likeness (QED) is 0.454. The fourth-order valence-corrected chi connectivity index (χ4v) is 9.60. The Labute approximate surface area is 206 Å². The normalized spacial score (nSPS) is 46.8. The fourth-order valence-electron chi connectivity index (χ4n) is 9.60. The highest BCUT2D eigenvalue weighted by Gasteiger charge is 2.64. The molecule has 0 heterocycles. The monoisotopic (exact) mass is 476 g/mol. The minimum absolute atomic E-state index is 0.0622. The average Bonchev–Trinajstić information content (AvgIpc) is 3.10. The van der Waals surface area contributed by atoms with Crippen LogP contribution in [0.5, 0.6) is 0 Å². The standard InChI is InChI=1S/C29H48O5/c1-17(2)29(33)14-13-27(5)20(16-29)15-24(34-19(4)30)26-22-9-8-21(18(3)7-10-25(31)32)28(22,6)12-11-23(26)27/h17-18,20-24,26,33H,7-16H2,1-6H3,(H,31,32)/t18-,20-,21-,22+,23+,24-,26+,27+,28-,29+/m1/s1. The van der Waals surface area contributed by atoms with E-state index in [2.05, 4.69) is 34.6 Å². The van der Waals surface area contributed by atoms with Gasteiger partial charge in [-0.1, -0.05) is 34.6 Å². The number of carbonyl (C=O) groups is 2. The Kier molecular flexibility index (Phi) is 6.94. The van der Waals surface area contributed by atoms with Crippen molar-refractivity contribution in [3.8, 4) is 0 Å². The lowest BCUT2D eigenvalue weighted by Gasteiger charge is -2.64. The van der Waals surface area contributed by atoms with E-state index in [1.54, 1.807) is 6.92 Å². The van der Waals surface area contributed by atoms with Crippen LogP contribution >= 0.6 is 0 Å². The molecule has 194 valence electrons. The van der Waals surface area contributed by atoms with E-state index in [0.717, 1.165) is 51.4 Å². The van der Waals surface area contributed by atoms with Crippen LogP contribution in [0.2, 0.25) is 0 Å². The molecule has 10 atom stereocenters. The van der Waals surface area contributed by atoms with Crippen LogP contribution < -0.4 is 0 Å². The summed E-state index contributed by atoms with van der Waals surface area (Å²) in [4.78, 5) is 23.4. The van der Waals surface area contributed by atoms with Gasteiger partial charge in [-0.3, -0.25) is 9.59 Å². The van der Waals surface area contributed by atoms with Gasteiger partial charge in [0.25, 0.3) is 0 Å². The van der Waals surface area contributed by atoms with E-state index < -0.39 is 11.6 Å². The van der Waals surface area contributed by atoms with Gasteiger partial charge in [0.15, 0.2) is 0 Å². The second-order valence-electron chi connectivity index (χ2n) is 13.5. The lowest BCUT2D eigenvalue weighted by atomic mass is 9.42. The number of esters is 1. The third-order valence-electron chi connectivity index (χ3n) is 11.7. The highest BCUT2D eigenvalue weighted by Crippen LogP contribution is 2.69. The minimum atomic E-state index is -0.699. The summed E-state index contributed by atoms with van der Waals surface area (Å²) in [6, 6.07) is 0. The van der Waals surface area contributed by atoms with Crippen molar-refractivity contribution >= 4 is 11.9 Å². The van der Waals surface area contributed by atoms with Crippen molar-refractivity contribution in [1.82, 2.24) is 0 Å². The van der Waals surface area contributed by atoms with E-state index >= 15 is 0 Å². The molecule has 4 fully saturated rings. The molecule has 4 aliphatic carbocycles. The van der Waals surface area contributed by atoms with Crippen LogP contribution in [-0.4, -0.2) is 33.9 Å². The van der Waals surface area contributed by atoms with E-state index in [9.17, 15) is 19.8 Å². The average molecular weight is 477 g/mol. The molecule has 5 heteroatoms. The Balaban J connectivity index is 1.63. The number of ether oxygens (including phenoxy) is 1. The molecule has 0 saturated heterocycles. The van der Waals surface area contributed by atoms with Gasteiger partial charge in [0, 0.05) is 19.3 Å². The van der Waals surface area contributed by atoms with Crippen molar-refractivity contribution in [1.29, 1.82) is 0 Å². The molecule has 0 aromatic rings. The van der Waals surface area contributed by atoms with E-state index in [1.165, 1.54) is 6.42 Å². The van der Waals surface area contributed by atoms with Crippen molar-refractivity contribution in [2.75, 3.05) is 0 Å². The molecule has 0 aromatic carbocycles. The molecular weight excluding hydrogens is 428 g/mol. The summed E-state index contributed by atoms with van der Waals surface area (Å²) in [6.45, 7) is 13.0. The van der Waals surface area contributed by atoms with E-state index in [-0.39, 0.29) is 35.2 Å². The highest BCUT2D eigenvalue weighted by atomic mass is 16.5. The number of carbonyl (C=O) groups excluding carboxylic acids is 1. The van der Waals surface area contributed by atoms with Crippen LogP contribution in [0.25, 0.3) is 0 Å². The lowest BCUT2D eigenvalue weighted by molar-refractivity contribution is -0.207. The van der Waals surface area contributed by atoms with Gasteiger partial charge < -0.3 is 14.9 Å². The zero-order valence-corrected chi connectivity index (χ0v) is 22.3. The van der Waals surface area contributed by atoms with Crippen LogP contribution in [0.4, 0.5) is 0 Å². The Morgan fingerprint density at radius 1 is 1.00 bits per heavy atom. The Bertz CT molecular complexity index is 793. The van der Waals surface area contributed by atoms with Gasteiger partial charge >= 0.3 is 11.9 Å². The first-order chi connectivity index (χ1) is 15.8. The topological polar surface area (TPSA) is 83.8 Å². The first-order valence-corrected chi connectivity index (χ1v) is 13.9. The Morgan fingerprint density at radius 2 is 1.68 bits per heavy atom. The lowest BCUT2D eigenvalue weighted by Crippen LogP contribution is -2.61. The summed E-state index contributed by atoms with van der Waals surface area (Å²) < 4.78 is 6.11. The molecule has 2 N–H and O–H groups in total. The molecule has 34 heavy (non-hydrogen) atoms. The van der Waals surface area contributed by atoms with Crippen LogP contribution in [0.3, 0.4) is 0 Å². The predicted octanol–water partition coefficient (Wildman–Crippen LogP) is 6.07. The maximum absolute atomic E-state index is 12.2. The van der Waals surface area contributed by atoms with Crippen LogP contribution in [-0.2, 0) is 14.3 Å². The van der Waals surface area contributed by atoms with Crippen molar-refractivity contribution in [2.45, 2.75) is 117 Å². The highest BCUT2D eigenvalue weighted by molar-refractivity contribution is 5.66.